The summed E-state index contributed by atoms with van der Waals surface area (Å²) in [5.41, 5.74) is 6.09. The Kier molecular flexibility index (Phi) is 5.61. The molecule has 1 aliphatic heterocycles. The van der Waals surface area contributed by atoms with E-state index in [0.717, 1.165) is 62.7 Å². The molecule has 1 saturated heterocycles. The predicted molar refractivity (Wildman–Crippen MR) is 89.4 cm³/mol. The molecule has 1 aromatic carbocycles. The summed E-state index contributed by atoms with van der Waals surface area (Å²) in [6.07, 6.45) is -2.90. The Labute approximate surface area is 144 Å². The Bertz CT molecular complexity index is 708. The third kappa shape index (κ3) is 4.31. The summed E-state index contributed by atoms with van der Waals surface area (Å²) in [4.78, 5) is 6.73. The lowest BCUT2D eigenvalue weighted by Gasteiger charge is -2.26. The van der Waals surface area contributed by atoms with Gasteiger partial charge in [0.25, 0.3) is 0 Å². The molecule has 2 N–H and O–H groups in total. The van der Waals surface area contributed by atoms with Gasteiger partial charge in [0, 0.05) is 32.6 Å². The summed E-state index contributed by atoms with van der Waals surface area (Å²) >= 11 is 0. The average molecular weight is 356 g/mol. The molecule has 0 radical (unpaired) electrons. The van der Waals surface area contributed by atoms with Gasteiger partial charge in [0.15, 0.2) is 0 Å². The van der Waals surface area contributed by atoms with E-state index < -0.39 is 11.7 Å². The summed E-state index contributed by atoms with van der Waals surface area (Å²) in [6, 6.07) is 3.75. The van der Waals surface area contributed by atoms with Crippen LogP contribution in [0, 0.1) is 0 Å². The number of halogens is 3. The van der Waals surface area contributed by atoms with Crippen molar-refractivity contribution in [2.45, 2.75) is 25.6 Å². The number of hydrogen-bond acceptors (Lipinski definition) is 4. The second kappa shape index (κ2) is 7.72. The van der Waals surface area contributed by atoms with Crippen molar-refractivity contribution in [3.8, 4) is 0 Å². The summed E-state index contributed by atoms with van der Waals surface area (Å²) in [6.45, 7) is 5.43. The lowest BCUT2D eigenvalue weighted by atomic mass is 10.2. The molecule has 1 fully saturated rings. The standard InChI is InChI=1S/C17H23F3N4O/c18-17(19,20)13-2-3-15-14(12-13)22-16(4-5-21)24(15)7-1-6-23-8-10-25-11-9-23/h2-3,12H,1,4-11,21H2. The van der Waals surface area contributed by atoms with E-state index in [9.17, 15) is 13.2 Å². The van der Waals surface area contributed by atoms with Gasteiger partial charge in [0.05, 0.1) is 29.8 Å². The molecule has 0 bridgehead atoms. The Morgan fingerprint density at radius 1 is 1.16 bits per heavy atom. The molecule has 138 valence electrons. The summed E-state index contributed by atoms with van der Waals surface area (Å²) in [5.74, 6) is 0.749. The molecule has 0 unspecified atom stereocenters. The molecular formula is C17H23F3N4O. The Morgan fingerprint density at radius 3 is 2.60 bits per heavy atom. The smallest absolute Gasteiger partial charge is 0.379 e. The van der Waals surface area contributed by atoms with Crippen molar-refractivity contribution in [1.29, 1.82) is 0 Å². The summed E-state index contributed by atoms with van der Waals surface area (Å²) < 4.78 is 46.1. The van der Waals surface area contributed by atoms with Crippen LogP contribution in [0.5, 0.6) is 0 Å². The van der Waals surface area contributed by atoms with E-state index in [1.165, 1.54) is 6.07 Å². The first-order valence-corrected chi connectivity index (χ1v) is 8.55. The highest BCUT2D eigenvalue weighted by molar-refractivity contribution is 5.77. The number of benzene rings is 1. The first-order valence-electron chi connectivity index (χ1n) is 8.55. The van der Waals surface area contributed by atoms with E-state index in [0.29, 0.717) is 25.0 Å². The molecular weight excluding hydrogens is 333 g/mol. The van der Waals surface area contributed by atoms with Gasteiger partial charge in [-0.15, -0.1) is 0 Å². The quantitative estimate of drug-likeness (QED) is 0.863. The topological polar surface area (TPSA) is 56.3 Å². The van der Waals surface area contributed by atoms with Crippen LogP contribution in [0.25, 0.3) is 11.0 Å². The molecule has 0 atom stereocenters. The SMILES string of the molecule is NCCc1nc2cc(C(F)(F)F)ccc2n1CCCN1CCOCC1. The van der Waals surface area contributed by atoms with Crippen LogP contribution in [-0.4, -0.2) is 53.8 Å². The van der Waals surface area contributed by atoms with Crippen LogP contribution in [0.1, 0.15) is 17.8 Å². The van der Waals surface area contributed by atoms with Crippen molar-refractivity contribution < 1.29 is 17.9 Å². The number of nitrogens with zero attached hydrogens (tertiary/aromatic N) is 3. The molecule has 2 heterocycles. The molecule has 0 aliphatic carbocycles. The third-order valence-corrected chi connectivity index (χ3v) is 4.48. The van der Waals surface area contributed by atoms with Crippen molar-refractivity contribution >= 4 is 11.0 Å². The number of rotatable bonds is 6. The van der Waals surface area contributed by atoms with Gasteiger partial charge in [0.2, 0.25) is 0 Å². The molecule has 0 spiro atoms. The third-order valence-electron chi connectivity index (χ3n) is 4.48. The zero-order valence-corrected chi connectivity index (χ0v) is 14.1. The van der Waals surface area contributed by atoms with Crippen molar-refractivity contribution in [3.63, 3.8) is 0 Å². The fraction of sp³-hybridized carbons (Fsp3) is 0.588. The number of nitrogens with two attached hydrogens (primary N) is 1. The molecule has 0 amide bonds. The lowest BCUT2D eigenvalue weighted by molar-refractivity contribution is -0.137. The van der Waals surface area contributed by atoms with E-state index in [4.69, 9.17) is 10.5 Å². The highest BCUT2D eigenvalue weighted by atomic mass is 19.4. The van der Waals surface area contributed by atoms with Crippen LogP contribution < -0.4 is 5.73 Å². The van der Waals surface area contributed by atoms with Gasteiger partial charge in [0.1, 0.15) is 5.82 Å². The van der Waals surface area contributed by atoms with E-state index >= 15 is 0 Å². The number of hydrogen-bond donors (Lipinski definition) is 1. The molecule has 5 nitrogen and oxygen atoms in total. The van der Waals surface area contributed by atoms with E-state index in [1.54, 1.807) is 0 Å². The van der Waals surface area contributed by atoms with Gasteiger partial charge in [-0.3, -0.25) is 4.90 Å². The van der Waals surface area contributed by atoms with E-state index in [-0.39, 0.29) is 0 Å². The highest BCUT2D eigenvalue weighted by Gasteiger charge is 2.31. The lowest BCUT2D eigenvalue weighted by Crippen LogP contribution is -2.37. The maximum atomic E-state index is 12.9. The summed E-state index contributed by atoms with van der Waals surface area (Å²) in [7, 11) is 0. The Hall–Kier alpha value is -1.64. The maximum absolute atomic E-state index is 12.9. The molecule has 0 saturated carbocycles. The number of alkyl halides is 3. The number of aromatic nitrogens is 2. The van der Waals surface area contributed by atoms with Crippen molar-refractivity contribution in [3.05, 3.63) is 29.6 Å². The maximum Gasteiger partial charge on any atom is 0.416 e. The van der Waals surface area contributed by atoms with Crippen LogP contribution in [0.15, 0.2) is 18.2 Å². The zero-order valence-electron chi connectivity index (χ0n) is 14.1. The Balaban J connectivity index is 1.78. The van der Waals surface area contributed by atoms with Crippen molar-refractivity contribution in [2.24, 2.45) is 5.73 Å². The van der Waals surface area contributed by atoms with Crippen LogP contribution >= 0.6 is 0 Å². The minimum Gasteiger partial charge on any atom is -0.379 e. The monoisotopic (exact) mass is 356 g/mol. The fourth-order valence-corrected chi connectivity index (χ4v) is 3.20. The molecule has 8 heteroatoms. The van der Waals surface area contributed by atoms with Crippen LogP contribution in [-0.2, 0) is 23.9 Å². The van der Waals surface area contributed by atoms with Crippen LogP contribution in [0.4, 0.5) is 13.2 Å². The first kappa shape index (κ1) is 18.2. The van der Waals surface area contributed by atoms with Gasteiger partial charge in [-0.05, 0) is 31.2 Å². The Morgan fingerprint density at radius 2 is 1.92 bits per heavy atom. The fourth-order valence-electron chi connectivity index (χ4n) is 3.20. The molecule has 1 aromatic heterocycles. The zero-order chi connectivity index (χ0) is 17.9. The van der Waals surface area contributed by atoms with Gasteiger partial charge in [-0.1, -0.05) is 0 Å². The molecule has 3 rings (SSSR count). The molecule has 2 aromatic rings. The largest absolute Gasteiger partial charge is 0.416 e. The van der Waals surface area contributed by atoms with Crippen LogP contribution in [0.3, 0.4) is 0 Å². The number of imidazole rings is 1. The highest BCUT2D eigenvalue weighted by Crippen LogP contribution is 2.31. The van der Waals surface area contributed by atoms with Gasteiger partial charge in [-0.25, -0.2) is 4.98 Å². The number of aryl methyl sites for hydroxylation is 1. The van der Waals surface area contributed by atoms with E-state index in [2.05, 4.69) is 9.88 Å². The second-order valence-corrected chi connectivity index (χ2v) is 6.23. The number of fused-ring (bicyclic) bond motifs is 1. The summed E-state index contributed by atoms with van der Waals surface area (Å²) in [5, 5.41) is 0. The molecule has 25 heavy (non-hydrogen) atoms. The average Bonchev–Trinajstić information content (AvgIpc) is 2.92. The second-order valence-electron chi connectivity index (χ2n) is 6.23. The predicted octanol–water partition coefficient (Wildman–Crippen LogP) is 2.28. The minimum absolute atomic E-state index is 0.379. The first-order chi connectivity index (χ1) is 12.0. The van der Waals surface area contributed by atoms with Gasteiger partial charge >= 0.3 is 6.18 Å². The minimum atomic E-state index is -4.36. The normalized spacial score (nSPS) is 16.6. The van der Waals surface area contributed by atoms with Crippen molar-refractivity contribution in [1.82, 2.24) is 14.5 Å². The number of morpholine rings is 1. The van der Waals surface area contributed by atoms with Gasteiger partial charge < -0.3 is 15.0 Å². The van der Waals surface area contributed by atoms with Crippen LogP contribution in [0.2, 0.25) is 0 Å². The van der Waals surface area contributed by atoms with Crippen molar-refractivity contribution in [2.75, 3.05) is 39.4 Å². The van der Waals surface area contributed by atoms with Gasteiger partial charge in [-0.2, -0.15) is 13.2 Å². The number of ether oxygens (including phenoxy) is 1. The van der Waals surface area contributed by atoms with E-state index in [1.807, 2.05) is 4.57 Å². The molecule has 1 aliphatic rings.